The van der Waals surface area contributed by atoms with Crippen LogP contribution in [0.2, 0.25) is 0 Å². The van der Waals surface area contributed by atoms with Gasteiger partial charge in [-0.05, 0) is 31.0 Å². The van der Waals surface area contributed by atoms with Gasteiger partial charge in [0.2, 0.25) is 0 Å². The standard InChI is InChI=1S/C13H16N2O/c1-10-6-7-16-13(9-15-10)12-4-2-11(8-14)3-5-12/h2-5,10,13,15H,6-7,9H2,1H3. The van der Waals surface area contributed by atoms with Gasteiger partial charge in [-0.3, -0.25) is 0 Å². The average molecular weight is 216 g/mol. The van der Waals surface area contributed by atoms with Crippen LogP contribution in [0.5, 0.6) is 0 Å². The molecule has 0 bridgehead atoms. The average Bonchev–Trinajstić information content (AvgIpc) is 2.54. The van der Waals surface area contributed by atoms with E-state index in [0.717, 1.165) is 25.1 Å². The van der Waals surface area contributed by atoms with Crippen LogP contribution in [0.15, 0.2) is 24.3 Å². The lowest BCUT2D eigenvalue weighted by molar-refractivity contribution is 0.0665. The molecule has 3 nitrogen and oxygen atoms in total. The summed E-state index contributed by atoms with van der Waals surface area (Å²) in [6, 6.07) is 10.3. The molecule has 1 aromatic rings. The Labute approximate surface area is 96.0 Å². The van der Waals surface area contributed by atoms with Gasteiger partial charge < -0.3 is 10.1 Å². The Hall–Kier alpha value is -1.37. The van der Waals surface area contributed by atoms with Crippen LogP contribution in [0.1, 0.15) is 30.6 Å². The molecule has 2 unspecified atom stereocenters. The molecule has 2 atom stereocenters. The van der Waals surface area contributed by atoms with E-state index in [9.17, 15) is 0 Å². The van der Waals surface area contributed by atoms with Crippen LogP contribution in [-0.4, -0.2) is 19.2 Å². The van der Waals surface area contributed by atoms with Crippen molar-refractivity contribution >= 4 is 0 Å². The number of ether oxygens (including phenoxy) is 1. The molecule has 1 aliphatic heterocycles. The fourth-order valence-corrected chi connectivity index (χ4v) is 1.84. The topological polar surface area (TPSA) is 45.0 Å². The Kier molecular flexibility index (Phi) is 3.55. The van der Waals surface area contributed by atoms with Gasteiger partial charge in [-0.25, -0.2) is 0 Å². The summed E-state index contributed by atoms with van der Waals surface area (Å²) >= 11 is 0. The summed E-state index contributed by atoms with van der Waals surface area (Å²) < 4.78 is 5.79. The van der Waals surface area contributed by atoms with Gasteiger partial charge in [-0.15, -0.1) is 0 Å². The molecule has 0 aliphatic carbocycles. The van der Waals surface area contributed by atoms with Crippen molar-refractivity contribution in [1.29, 1.82) is 5.26 Å². The highest BCUT2D eigenvalue weighted by Gasteiger charge is 2.17. The van der Waals surface area contributed by atoms with Gasteiger partial charge >= 0.3 is 0 Å². The highest BCUT2D eigenvalue weighted by atomic mass is 16.5. The highest BCUT2D eigenvalue weighted by molar-refractivity contribution is 5.32. The summed E-state index contributed by atoms with van der Waals surface area (Å²) in [6.45, 7) is 3.80. The molecule has 1 fully saturated rings. The summed E-state index contributed by atoms with van der Waals surface area (Å²) in [7, 11) is 0. The highest BCUT2D eigenvalue weighted by Crippen LogP contribution is 2.20. The first kappa shape index (κ1) is 11.1. The smallest absolute Gasteiger partial charge is 0.0991 e. The minimum atomic E-state index is 0.109. The van der Waals surface area contributed by atoms with E-state index in [0.29, 0.717) is 11.6 Å². The normalized spacial score (nSPS) is 25.8. The third-order valence-electron chi connectivity index (χ3n) is 2.93. The van der Waals surface area contributed by atoms with Crippen LogP contribution >= 0.6 is 0 Å². The Morgan fingerprint density at radius 1 is 1.38 bits per heavy atom. The van der Waals surface area contributed by atoms with E-state index < -0.39 is 0 Å². The minimum absolute atomic E-state index is 0.109. The van der Waals surface area contributed by atoms with Crippen molar-refractivity contribution in [3.05, 3.63) is 35.4 Å². The number of nitrogens with zero attached hydrogens (tertiary/aromatic N) is 1. The number of nitriles is 1. The Balaban J connectivity index is 2.08. The lowest BCUT2D eigenvalue weighted by atomic mass is 10.1. The van der Waals surface area contributed by atoms with Gasteiger partial charge in [0.15, 0.2) is 0 Å². The number of nitrogens with one attached hydrogen (secondary N) is 1. The third-order valence-corrected chi connectivity index (χ3v) is 2.93. The fourth-order valence-electron chi connectivity index (χ4n) is 1.84. The van der Waals surface area contributed by atoms with E-state index in [2.05, 4.69) is 18.3 Å². The Morgan fingerprint density at radius 2 is 2.12 bits per heavy atom. The number of hydrogen-bond donors (Lipinski definition) is 1. The predicted octanol–water partition coefficient (Wildman–Crippen LogP) is 2.00. The van der Waals surface area contributed by atoms with Crippen LogP contribution in [-0.2, 0) is 4.74 Å². The SMILES string of the molecule is CC1CCOC(c2ccc(C#N)cc2)CN1. The van der Waals surface area contributed by atoms with Crippen molar-refractivity contribution < 1.29 is 4.74 Å². The fraction of sp³-hybridized carbons (Fsp3) is 0.462. The van der Waals surface area contributed by atoms with E-state index >= 15 is 0 Å². The maximum absolute atomic E-state index is 8.72. The minimum Gasteiger partial charge on any atom is -0.372 e. The zero-order valence-electron chi connectivity index (χ0n) is 9.44. The van der Waals surface area contributed by atoms with Crippen LogP contribution in [0.3, 0.4) is 0 Å². The largest absolute Gasteiger partial charge is 0.372 e. The summed E-state index contributed by atoms with van der Waals surface area (Å²) in [4.78, 5) is 0. The van der Waals surface area contributed by atoms with Crippen molar-refractivity contribution in [2.45, 2.75) is 25.5 Å². The molecule has 0 radical (unpaired) electrons. The van der Waals surface area contributed by atoms with E-state index in [4.69, 9.17) is 10.00 Å². The van der Waals surface area contributed by atoms with Crippen LogP contribution in [0.25, 0.3) is 0 Å². The van der Waals surface area contributed by atoms with Crippen molar-refractivity contribution in [3.63, 3.8) is 0 Å². The molecular weight excluding hydrogens is 200 g/mol. The molecule has 0 amide bonds. The van der Waals surface area contributed by atoms with Gasteiger partial charge in [-0.1, -0.05) is 12.1 Å². The molecule has 3 heteroatoms. The maximum atomic E-state index is 8.72. The first-order chi connectivity index (χ1) is 7.79. The first-order valence-electron chi connectivity index (χ1n) is 5.64. The molecule has 0 saturated carbocycles. The number of rotatable bonds is 1. The van der Waals surface area contributed by atoms with Crippen molar-refractivity contribution in [3.8, 4) is 6.07 Å². The molecule has 0 aromatic heterocycles. The molecule has 0 spiro atoms. The number of benzene rings is 1. The molecule has 1 saturated heterocycles. The Morgan fingerprint density at radius 3 is 2.81 bits per heavy atom. The molecular formula is C13H16N2O. The van der Waals surface area contributed by atoms with Gasteiger partial charge in [-0.2, -0.15) is 5.26 Å². The van der Waals surface area contributed by atoms with Crippen molar-refractivity contribution in [2.24, 2.45) is 0 Å². The first-order valence-corrected chi connectivity index (χ1v) is 5.64. The van der Waals surface area contributed by atoms with Crippen LogP contribution in [0.4, 0.5) is 0 Å². The van der Waals surface area contributed by atoms with Crippen LogP contribution < -0.4 is 5.32 Å². The van der Waals surface area contributed by atoms with Gasteiger partial charge in [0.25, 0.3) is 0 Å². The van der Waals surface area contributed by atoms with Gasteiger partial charge in [0, 0.05) is 19.2 Å². The van der Waals surface area contributed by atoms with Gasteiger partial charge in [0.1, 0.15) is 0 Å². The molecule has 1 aromatic carbocycles. The van der Waals surface area contributed by atoms with Crippen LogP contribution in [0, 0.1) is 11.3 Å². The van der Waals surface area contributed by atoms with E-state index in [1.165, 1.54) is 0 Å². The number of hydrogen-bond acceptors (Lipinski definition) is 3. The zero-order valence-corrected chi connectivity index (χ0v) is 9.44. The Bertz CT molecular complexity index is 380. The molecule has 16 heavy (non-hydrogen) atoms. The second kappa shape index (κ2) is 5.11. The monoisotopic (exact) mass is 216 g/mol. The molecule has 2 rings (SSSR count). The maximum Gasteiger partial charge on any atom is 0.0991 e. The predicted molar refractivity (Wildman–Crippen MR) is 61.9 cm³/mol. The van der Waals surface area contributed by atoms with E-state index in [1.54, 1.807) is 0 Å². The lowest BCUT2D eigenvalue weighted by Gasteiger charge is -2.15. The lowest BCUT2D eigenvalue weighted by Crippen LogP contribution is -2.27. The van der Waals surface area contributed by atoms with E-state index in [-0.39, 0.29) is 6.10 Å². The summed E-state index contributed by atoms with van der Waals surface area (Å²) in [5.74, 6) is 0. The second-order valence-corrected chi connectivity index (χ2v) is 4.19. The summed E-state index contributed by atoms with van der Waals surface area (Å²) in [5.41, 5.74) is 1.83. The molecule has 84 valence electrons. The molecule has 1 N–H and O–H groups in total. The molecule has 1 heterocycles. The molecule has 1 aliphatic rings. The van der Waals surface area contributed by atoms with Crippen molar-refractivity contribution in [2.75, 3.05) is 13.2 Å². The zero-order chi connectivity index (χ0) is 11.4. The second-order valence-electron chi connectivity index (χ2n) is 4.19. The summed E-state index contributed by atoms with van der Waals surface area (Å²) in [6.07, 6.45) is 1.16. The summed E-state index contributed by atoms with van der Waals surface area (Å²) in [5, 5.41) is 12.2. The third kappa shape index (κ3) is 2.60. The van der Waals surface area contributed by atoms with E-state index in [1.807, 2.05) is 24.3 Å². The van der Waals surface area contributed by atoms with Gasteiger partial charge in [0.05, 0.1) is 17.7 Å². The quantitative estimate of drug-likeness (QED) is 0.781. The van der Waals surface area contributed by atoms with Crippen molar-refractivity contribution in [1.82, 2.24) is 5.32 Å².